The van der Waals surface area contributed by atoms with Crippen LogP contribution in [0.4, 0.5) is 13.2 Å². The first-order valence-corrected chi connectivity index (χ1v) is 6.09. The van der Waals surface area contributed by atoms with Crippen molar-refractivity contribution in [3.63, 3.8) is 0 Å². The molecule has 0 aliphatic carbocycles. The van der Waals surface area contributed by atoms with Crippen molar-refractivity contribution in [2.45, 2.75) is 19.6 Å². The molecule has 0 fully saturated rings. The molecule has 2 N–H and O–H groups in total. The van der Waals surface area contributed by atoms with Gasteiger partial charge in [-0.05, 0) is 36.8 Å². The maximum Gasteiger partial charge on any atom is 0.165 e. The fraction of sp³-hybridized carbons (Fsp3) is 0.200. The van der Waals surface area contributed by atoms with Crippen LogP contribution in [0.25, 0.3) is 0 Å². The summed E-state index contributed by atoms with van der Waals surface area (Å²) in [5.41, 5.74) is 6.02. The van der Waals surface area contributed by atoms with Crippen molar-refractivity contribution in [3.05, 3.63) is 65.0 Å². The van der Waals surface area contributed by atoms with Gasteiger partial charge in [-0.15, -0.1) is 0 Å². The molecule has 5 heteroatoms. The number of benzene rings is 2. The van der Waals surface area contributed by atoms with E-state index in [1.807, 2.05) is 0 Å². The van der Waals surface area contributed by atoms with Crippen LogP contribution in [-0.4, -0.2) is 0 Å². The number of ether oxygens (including phenoxy) is 1. The molecule has 0 heterocycles. The van der Waals surface area contributed by atoms with Gasteiger partial charge in [0.1, 0.15) is 18.2 Å². The molecule has 0 unspecified atom stereocenters. The molecule has 0 radical (unpaired) electrons. The fourth-order valence-electron chi connectivity index (χ4n) is 1.74. The van der Waals surface area contributed by atoms with E-state index < -0.39 is 17.5 Å². The molecular weight excluding hydrogens is 267 g/mol. The summed E-state index contributed by atoms with van der Waals surface area (Å²) < 4.78 is 45.7. The maximum atomic E-state index is 13.7. The standard InChI is InChI=1S/C15H14F3NO/c1-9(19)10-5-6-15(14(18)7-10)20-8-11-12(16)3-2-4-13(11)17/h2-7,9H,8,19H2,1H3/t9-/m1/s1. The lowest BCUT2D eigenvalue weighted by Crippen LogP contribution is -2.06. The molecule has 0 saturated carbocycles. The summed E-state index contributed by atoms with van der Waals surface area (Å²) in [5, 5.41) is 0. The lowest BCUT2D eigenvalue weighted by atomic mass is 10.1. The highest BCUT2D eigenvalue weighted by atomic mass is 19.1. The largest absolute Gasteiger partial charge is 0.486 e. The Morgan fingerprint density at radius 2 is 1.70 bits per heavy atom. The predicted molar refractivity (Wildman–Crippen MR) is 69.7 cm³/mol. The van der Waals surface area contributed by atoms with Crippen molar-refractivity contribution in [1.29, 1.82) is 0 Å². The number of halogens is 3. The first-order valence-electron chi connectivity index (χ1n) is 6.09. The molecule has 0 aliphatic heterocycles. The predicted octanol–water partition coefficient (Wildman–Crippen LogP) is 3.70. The fourth-order valence-corrected chi connectivity index (χ4v) is 1.74. The molecule has 0 amide bonds. The molecule has 0 aromatic heterocycles. The molecular formula is C15H14F3NO. The van der Waals surface area contributed by atoms with E-state index in [-0.39, 0.29) is 24.0 Å². The highest BCUT2D eigenvalue weighted by Crippen LogP contribution is 2.23. The number of hydrogen-bond acceptors (Lipinski definition) is 2. The quantitative estimate of drug-likeness (QED) is 0.927. The Morgan fingerprint density at radius 3 is 2.25 bits per heavy atom. The van der Waals surface area contributed by atoms with Gasteiger partial charge in [0, 0.05) is 6.04 Å². The van der Waals surface area contributed by atoms with Gasteiger partial charge in [0.25, 0.3) is 0 Å². The highest BCUT2D eigenvalue weighted by Gasteiger charge is 2.12. The first kappa shape index (κ1) is 14.4. The zero-order valence-electron chi connectivity index (χ0n) is 10.9. The van der Waals surface area contributed by atoms with Gasteiger partial charge in [0.15, 0.2) is 11.6 Å². The van der Waals surface area contributed by atoms with Crippen molar-refractivity contribution in [1.82, 2.24) is 0 Å². The Labute approximate surface area is 115 Å². The molecule has 0 saturated heterocycles. The van der Waals surface area contributed by atoms with Crippen LogP contribution in [0.2, 0.25) is 0 Å². The summed E-state index contributed by atoms with van der Waals surface area (Å²) in [5.74, 6) is -2.14. The molecule has 1 atom stereocenters. The summed E-state index contributed by atoms with van der Waals surface area (Å²) in [6, 6.07) is 7.45. The number of nitrogens with two attached hydrogens (primary N) is 1. The average molecular weight is 281 g/mol. The topological polar surface area (TPSA) is 35.2 Å². The monoisotopic (exact) mass is 281 g/mol. The third-order valence-electron chi connectivity index (χ3n) is 2.92. The van der Waals surface area contributed by atoms with Gasteiger partial charge < -0.3 is 10.5 Å². The van der Waals surface area contributed by atoms with Gasteiger partial charge in [-0.2, -0.15) is 0 Å². The molecule has 2 nitrogen and oxygen atoms in total. The molecule has 20 heavy (non-hydrogen) atoms. The molecule has 0 bridgehead atoms. The third-order valence-corrected chi connectivity index (χ3v) is 2.92. The normalized spacial score (nSPS) is 12.2. The molecule has 2 rings (SSSR count). The maximum absolute atomic E-state index is 13.7. The minimum atomic E-state index is -0.724. The molecule has 0 aliphatic rings. The Hall–Kier alpha value is -2.01. The lowest BCUT2D eigenvalue weighted by Gasteiger charge is -2.11. The Kier molecular flexibility index (Phi) is 4.29. The SMILES string of the molecule is C[C@@H](N)c1ccc(OCc2c(F)cccc2F)c(F)c1. The van der Waals surface area contributed by atoms with Gasteiger partial charge in [-0.3, -0.25) is 0 Å². The van der Waals surface area contributed by atoms with Crippen molar-refractivity contribution in [2.24, 2.45) is 5.73 Å². The van der Waals surface area contributed by atoms with E-state index in [0.717, 1.165) is 12.1 Å². The average Bonchev–Trinajstić information content (AvgIpc) is 2.39. The van der Waals surface area contributed by atoms with Crippen molar-refractivity contribution >= 4 is 0 Å². The van der Waals surface area contributed by atoms with Crippen LogP contribution < -0.4 is 10.5 Å². The van der Waals surface area contributed by atoms with Gasteiger partial charge in [0.05, 0.1) is 5.56 Å². The van der Waals surface area contributed by atoms with E-state index in [1.165, 1.54) is 18.2 Å². The summed E-state index contributed by atoms with van der Waals surface area (Å²) in [7, 11) is 0. The third kappa shape index (κ3) is 3.11. The Bertz CT molecular complexity index is 594. The lowest BCUT2D eigenvalue weighted by molar-refractivity contribution is 0.278. The van der Waals surface area contributed by atoms with Crippen molar-refractivity contribution in [2.75, 3.05) is 0 Å². The summed E-state index contributed by atoms with van der Waals surface area (Å²) in [6.07, 6.45) is 0. The van der Waals surface area contributed by atoms with Crippen LogP contribution in [0.15, 0.2) is 36.4 Å². The number of hydrogen-bond donors (Lipinski definition) is 1. The summed E-state index contributed by atoms with van der Waals surface area (Å²) >= 11 is 0. The minimum Gasteiger partial charge on any atom is -0.486 e. The zero-order valence-corrected chi connectivity index (χ0v) is 10.9. The van der Waals surface area contributed by atoms with E-state index in [9.17, 15) is 13.2 Å². The van der Waals surface area contributed by atoms with Gasteiger partial charge in [-0.25, -0.2) is 13.2 Å². The van der Waals surface area contributed by atoms with E-state index in [2.05, 4.69) is 0 Å². The van der Waals surface area contributed by atoms with Gasteiger partial charge in [-0.1, -0.05) is 12.1 Å². The molecule has 0 spiro atoms. The van der Waals surface area contributed by atoms with E-state index in [0.29, 0.717) is 5.56 Å². The summed E-state index contributed by atoms with van der Waals surface area (Å²) in [4.78, 5) is 0. The Balaban J connectivity index is 2.15. The van der Waals surface area contributed by atoms with Crippen LogP contribution in [0.1, 0.15) is 24.1 Å². The van der Waals surface area contributed by atoms with Crippen LogP contribution in [0, 0.1) is 17.5 Å². The molecule has 106 valence electrons. The van der Waals surface area contributed by atoms with Gasteiger partial charge >= 0.3 is 0 Å². The summed E-state index contributed by atoms with van der Waals surface area (Å²) in [6.45, 7) is 1.34. The second kappa shape index (κ2) is 5.96. The van der Waals surface area contributed by atoms with Crippen LogP contribution in [0.3, 0.4) is 0 Å². The zero-order chi connectivity index (χ0) is 14.7. The second-order valence-electron chi connectivity index (χ2n) is 4.47. The van der Waals surface area contributed by atoms with E-state index in [1.54, 1.807) is 13.0 Å². The smallest absolute Gasteiger partial charge is 0.165 e. The number of rotatable bonds is 4. The Morgan fingerprint density at radius 1 is 1.05 bits per heavy atom. The molecule has 2 aromatic rings. The van der Waals surface area contributed by atoms with Crippen LogP contribution in [0.5, 0.6) is 5.75 Å². The van der Waals surface area contributed by atoms with E-state index in [4.69, 9.17) is 10.5 Å². The van der Waals surface area contributed by atoms with Crippen molar-refractivity contribution < 1.29 is 17.9 Å². The van der Waals surface area contributed by atoms with Crippen molar-refractivity contribution in [3.8, 4) is 5.75 Å². The minimum absolute atomic E-state index is 0.0722. The highest BCUT2D eigenvalue weighted by molar-refractivity contribution is 5.31. The van der Waals surface area contributed by atoms with Crippen LogP contribution in [-0.2, 0) is 6.61 Å². The molecule has 2 aromatic carbocycles. The first-order chi connectivity index (χ1) is 9.49. The van der Waals surface area contributed by atoms with Crippen LogP contribution >= 0.6 is 0 Å². The van der Waals surface area contributed by atoms with Gasteiger partial charge in [0.2, 0.25) is 0 Å². The second-order valence-corrected chi connectivity index (χ2v) is 4.47. The van der Waals surface area contributed by atoms with E-state index >= 15 is 0 Å².